The Morgan fingerprint density at radius 2 is 0.842 bits per heavy atom. The van der Waals surface area contributed by atoms with Crippen molar-refractivity contribution in [2.75, 3.05) is 0 Å². The van der Waals surface area contributed by atoms with Crippen LogP contribution in [0, 0.1) is 0 Å². The van der Waals surface area contributed by atoms with E-state index in [4.69, 9.17) is 28.4 Å². The smallest absolute Gasteiger partial charge is 0.169 e. The van der Waals surface area contributed by atoms with Gasteiger partial charge in [-0.3, -0.25) is 0 Å². The van der Waals surface area contributed by atoms with E-state index in [-0.39, 0.29) is 36.6 Å². The highest BCUT2D eigenvalue weighted by atomic mass is 16.8. The van der Waals surface area contributed by atoms with Gasteiger partial charge in [0.05, 0.1) is 13.2 Å². The fourth-order valence-electron chi connectivity index (χ4n) is 7.27. The number of benzene rings is 2. The summed E-state index contributed by atoms with van der Waals surface area (Å²) in [5, 5.41) is 0. The molecule has 0 amide bonds. The summed E-state index contributed by atoms with van der Waals surface area (Å²) < 4.78 is 41.0. The zero-order chi connectivity index (χ0) is 25.4. The standard InChI is InChI=1S/C32H40O6/c1-5-13-23(14-6-1)21-33-25-27-29(37-31(35-27)17-9-3-10-18-31)26(34-22-24-15-7-2-8-16-24)30-28(25)36-32(38-30)19-11-4-12-20-32/h1-2,5-8,13-16,25-30H,3-4,9-12,17-22H2. The highest BCUT2D eigenvalue weighted by molar-refractivity contribution is 5.16. The van der Waals surface area contributed by atoms with Gasteiger partial charge in [0.2, 0.25) is 0 Å². The van der Waals surface area contributed by atoms with Gasteiger partial charge >= 0.3 is 0 Å². The van der Waals surface area contributed by atoms with Gasteiger partial charge in [-0.2, -0.15) is 0 Å². The van der Waals surface area contributed by atoms with Crippen molar-refractivity contribution in [1.29, 1.82) is 0 Å². The Kier molecular flexibility index (Phi) is 7.05. The lowest BCUT2D eigenvalue weighted by Crippen LogP contribution is -2.62. The molecule has 7 rings (SSSR count). The number of hydrogen-bond acceptors (Lipinski definition) is 6. The van der Waals surface area contributed by atoms with Crippen molar-refractivity contribution in [3.63, 3.8) is 0 Å². The molecule has 4 atom stereocenters. The number of hydrogen-bond donors (Lipinski definition) is 0. The molecule has 2 spiro atoms. The molecule has 0 aromatic heterocycles. The van der Waals surface area contributed by atoms with E-state index < -0.39 is 11.6 Å². The molecule has 2 heterocycles. The van der Waals surface area contributed by atoms with Gasteiger partial charge in [-0.1, -0.05) is 73.5 Å². The molecule has 6 nitrogen and oxygen atoms in total. The van der Waals surface area contributed by atoms with Crippen LogP contribution in [0.1, 0.15) is 75.3 Å². The molecule has 2 saturated heterocycles. The van der Waals surface area contributed by atoms with Crippen LogP contribution in [-0.4, -0.2) is 48.2 Å². The van der Waals surface area contributed by atoms with Crippen molar-refractivity contribution in [3.05, 3.63) is 71.8 Å². The van der Waals surface area contributed by atoms with Crippen molar-refractivity contribution in [2.24, 2.45) is 0 Å². The minimum absolute atomic E-state index is 0.263. The van der Waals surface area contributed by atoms with Gasteiger partial charge in [0.25, 0.3) is 0 Å². The van der Waals surface area contributed by atoms with Crippen LogP contribution in [0.3, 0.4) is 0 Å². The Labute approximate surface area is 225 Å². The van der Waals surface area contributed by atoms with Crippen LogP contribution >= 0.6 is 0 Å². The van der Waals surface area contributed by atoms with E-state index >= 15 is 0 Å². The fraction of sp³-hybridized carbons (Fsp3) is 0.625. The third-order valence-corrected chi connectivity index (χ3v) is 9.15. The highest BCUT2D eigenvalue weighted by Crippen LogP contribution is 2.52. The quantitative estimate of drug-likeness (QED) is 0.462. The second-order valence-corrected chi connectivity index (χ2v) is 11.8. The first-order valence-electron chi connectivity index (χ1n) is 14.8. The minimum Gasteiger partial charge on any atom is -0.368 e. The normalized spacial score (nSPS) is 35.3. The van der Waals surface area contributed by atoms with Gasteiger partial charge in [-0.05, 0) is 36.8 Å². The van der Waals surface area contributed by atoms with Gasteiger partial charge in [0.15, 0.2) is 11.6 Å². The summed E-state index contributed by atoms with van der Waals surface area (Å²) in [4.78, 5) is 0. The molecule has 38 heavy (non-hydrogen) atoms. The van der Waals surface area contributed by atoms with Crippen LogP contribution in [-0.2, 0) is 41.6 Å². The van der Waals surface area contributed by atoms with E-state index in [0.29, 0.717) is 13.2 Å². The summed E-state index contributed by atoms with van der Waals surface area (Å²) in [5.41, 5.74) is 2.28. The molecule has 3 aliphatic carbocycles. The Balaban J connectivity index is 1.20. The number of rotatable bonds is 6. The lowest BCUT2D eigenvalue weighted by Gasteiger charge is -2.42. The van der Waals surface area contributed by atoms with E-state index in [1.807, 2.05) is 12.1 Å². The maximum absolute atomic E-state index is 6.90. The first-order chi connectivity index (χ1) is 18.7. The summed E-state index contributed by atoms with van der Waals surface area (Å²) in [5.74, 6) is -1.12. The largest absolute Gasteiger partial charge is 0.368 e. The Hall–Kier alpha value is -1.80. The Morgan fingerprint density at radius 3 is 1.18 bits per heavy atom. The molecule has 2 aromatic rings. The van der Waals surface area contributed by atoms with Crippen molar-refractivity contribution in [1.82, 2.24) is 0 Å². The molecule has 2 aliphatic heterocycles. The first-order valence-corrected chi connectivity index (χ1v) is 14.8. The molecule has 6 heteroatoms. The van der Waals surface area contributed by atoms with Crippen LogP contribution in [0.5, 0.6) is 0 Å². The van der Waals surface area contributed by atoms with Gasteiger partial charge < -0.3 is 28.4 Å². The maximum atomic E-state index is 6.90. The number of ether oxygens (including phenoxy) is 6. The molecular formula is C32H40O6. The van der Waals surface area contributed by atoms with E-state index in [2.05, 4.69) is 48.5 Å². The first kappa shape index (κ1) is 25.2. The molecule has 5 aliphatic rings. The lowest BCUT2D eigenvalue weighted by molar-refractivity contribution is -0.229. The van der Waals surface area contributed by atoms with E-state index in [0.717, 1.165) is 62.5 Å². The zero-order valence-electron chi connectivity index (χ0n) is 22.2. The van der Waals surface area contributed by atoms with Crippen LogP contribution in [0.2, 0.25) is 0 Å². The van der Waals surface area contributed by atoms with Crippen LogP contribution < -0.4 is 0 Å². The second-order valence-electron chi connectivity index (χ2n) is 11.8. The highest BCUT2D eigenvalue weighted by Gasteiger charge is 2.66. The molecule has 0 N–H and O–H groups in total. The Bertz CT molecular complexity index is 935. The summed E-state index contributed by atoms with van der Waals surface area (Å²) in [6.45, 7) is 1.00. The average Bonchev–Trinajstić information content (AvgIpc) is 3.50. The average molecular weight is 521 g/mol. The predicted octanol–water partition coefficient (Wildman–Crippen LogP) is 6.06. The molecule has 4 unspecified atom stereocenters. The van der Waals surface area contributed by atoms with Crippen molar-refractivity contribution in [2.45, 2.75) is 126 Å². The molecule has 3 saturated carbocycles. The summed E-state index contributed by atoms with van der Waals surface area (Å²) in [7, 11) is 0. The zero-order valence-corrected chi connectivity index (χ0v) is 22.2. The van der Waals surface area contributed by atoms with Gasteiger partial charge in [-0.15, -0.1) is 0 Å². The van der Waals surface area contributed by atoms with Crippen molar-refractivity contribution < 1.29 is 28.4 Å². The van der Waals surface area contributed by atoms with Gasteiger partial charge in [0.1, 0.15) is 36.6 Å². The maximum Gasteiger partial charge on any atom is 0.169 e. The van der Waals surface area contributed by atoms with Crippen LogP contribution in [0.15, 0.2) is 60.7 Å². The topological polar surface area (TPSA) is 55.4 Å². The minimum atomic E-state index is -0.558. The molecule has 0 bridgehead atoms. The second kappa shape index (κ2) is 10.6. The van der Waals surface area contributed by atoms with Crippen molar-refractivity contribution >= 4 is 0 Å². The third-order valence-electron chi connectivity index (χ3n) is 9.15. The van der Waals surface area contributed by atoms with E-state index in [9.17, 15) is 0 Å². The monoisotopic (exact) mass is 520 g/mol. The van der Waals surface area contributed by atoms with Crippen LogP contribution in [0.25, 0.3) is 0 Å². The predicted molar refractivity (Wildman–Crippen MR) is 141 cm³/mol. The number of fused-ring (bicyclic) bond motifs is 2. The fourth-order valence-corrected chi connectivity index (χ4v) is 7.27. The SMILES string of the molecule is c1ccc(COC2C3OC4(CCCCC4)OC3C(OCc3ccccc3)C3OC4(CCCCC4)OC23)cc1. The summed E-state index contributed by atoms with van der Waals surface area (Å²) >= 11 is 0. The van der Waals surface area contributed by atoms with E-state index in [1.165, 1.54) is 12.8 Å². The molecule has 204 valence electrons. The molecule has 2 aromatic carbocycles. The molecular weight excluding hydrogens is 480 g/mol. The van der Waals surface area contributed by atoms with Crippen LogP contribution in [0.4, 0.5) is 0 Å². The van der Waals surface area contributed by atoms with Gasteiger partial charge in [0, 0.05) is 25.7 Å². The van der Waals surface area contributed by atoms with Crippen molar-refractivity contribution in [3.8, 4) is 0 Å². The third kappa shape index (κ3) is 4.85. The summed E-state index contributed by atoms with van der Waals surface area (Å²) in [6, 6.07) is 20.7. The molecule has 0 radical (unpaired) electrons. The Morgan fingerprint density at radius 1 is 0.500 bits per heavy atom. The lowest BCUT2D eigenvalue weighted by atomic mass is 9.84. The summed E-state index contributed by atoms with van der Waals surface area (Å²) in [6.07, 6.45) is 8.96. The van der Waals surface area contributed by atoms with E-state index in [1.54, 1.807) is 0 Å². The molecule has 5 fully saturated rings. The van der Waals surface area contributed by atoms with Gasteiger partial charge in [-0.25, -0.2) is 0 Å².